The van der Waals surface area contributed by atoms with Gasteiger partial charge in [-0.3, -0.25) is 9.59 Å². The van der Waals surface area contributed by atoms with Gasteiger partial charge in [0.2, 0.25) is 11.8 Å². The lowest BCUT2D eigenvalue weighted by Gasteiger charge is -2.11. The first-order valence-corrected chi connectivity index (χ1v) is 13.6. The van der Waals surface area contributed by atoms with Crippen LogP contribution in [0, 0.1) is 0 Å². The zero-order valence-electron chi connectivity index (χ0n) is 21.5. The Hall–Kier alpha value is -3.58. The number of rotatable bonds is 13. The Morgan fingerprint density at radius 2 is 1.38 bits per heavy atom. The summed E-state index contributed by atoms with van der Waals surface area (Å²) in [5.74, 6) is 1.71. The van der Waals surface area contributed by atoms with Crippen LogP contribution in [0.4, 0.5) is 0 Å². The molecule has 1 heterocycles. The zero-order valence-corrected chi connectivity index (χ0v) is 22.3. The summed E-state index contributed by atoms with van der Waals surface area (Å²) in [4.78, 5) is 22.3. The SMILES string of the molecule is CC(=O)NCCc1cccc2ccc(OCCCCOc3ccc4scc(CCNC(C)=O)c4c3)cc12. The van der Waals surface area contributed by atoms with E-state index < -0.39 is 0 Å². The largest absolute Gasteiger partial charge is 0.494 e. The highest BCUT2D eigenvalue weighted by Gasteiger charge is 2.07. The summed E-state index contributed by atoms with van der Waals surface area (Å²) in [6.45, 7) is 5.60. The summed E-state index contributed by atoms with van der Waals surface area (Å²) in [6, 6.07) is 18.7. The smallest absolute Gasteiger partial charge is 0.216 e. The molecule has 0 saturated carbocycles. The monoisotopic (exact) mass is 518 g/mol. The maximum atomic E-state index is 11.2. The van der Waals surface area contributed by atoms with E-state index in [4.69, 9.17) is 9.47 Å². The van der Waals surface area contributed by atoms with Gasteiger partial charge in [0.25, 0.3) is 0 Å². The zero-order chi connectivity index (χ0) is 26.0. The molecule has 194 valence electrons. The standard InChI is InChI=1S/C30H34N2O4S/c1-21(33)31-14-12-24-7-5-6-23-8-9-26(18-28(23)24)35-16-3-4-17-36-27-10-11-30-29(19-27)25(20-37-30)13-15-32-22(2)34/h5-11,18-20H,3-4,12-17H2,1-2H3,(H,31,33)(H,32,34). The number of nitrogens with one attached hydrogen (secondary N) is 2. The van der Waals surface area contributed by atoms with Crippen LogP contribution in [0.3, 0.4) is 0 Å². The molecule has 0 bridgehead atoms. The van der Waals surface area contributed by atoms with Gasteiger partial charge in [0.1, 0.15) is 11.5 Å². The van der Waals surface area contributed by atoms with Gasteiger partial charge in [-0.1, -0.05) is 24.3 Å². The van der Waals surface area contributed by atoms with Gasteiger partial charge < -0.3 is 20.1 Å². The number of ether oxygens (including phenoxy) is 2. The Labute approximate surface area is 222 Å². The second-order valence-corrected chi connectivity index (χ2v) is 10.0. The van der Waals surface area contributed by atoms with E-state index in [1.165, 1.54) is 33.5 Å². The fourth-order valence-electron chi connectivity index (χ4n) is 4.30. The van der Waals surface area contributed by atoms with Crippen LogP contribution < -0.4 is 20.1 Å². The number of hydrogen-bond acceptors (Lipinski definition) is 5. The predicted octanol–water partition coefficient (Wildman–Crippen LogP) is 5.65. The molecule has 7 heteroatoms. The van der Waals surface area contributed by atoms with Crippen LogP contribution >= 0.6 is 11.3 Å². The third kappa shape index (κ3) is 7.70. The van der Waals surface area contributed by atoms with Crippen LogP contribution in [0.5, 0.6) is 11.5 Å². The maximum absolute atomic E-state index is 11.2. The lowest BCUT2D eigenvalue weighted by atomic mass is 10.0. The maximum Gasteiger partial charge on any atom is 0.216 e. The first kappa shape index (κ1) is 26.5. The Kier molecular flexibility index (Phi) is 9.38. The van der Waals surface area contributed by atoms with E-state index in [0.29, 0.717) is 26.3 Å². The molecule has 0 atom stereocenters. The van der Waals surface area contributed by atoms with E-state index in [1.54, 1.807) is 18.3 Å². The predicted molar refractivity (Wildman–Crippen MR) is 151 cm³/mol. The minimum Gasteiger partial charge on any atom is -0.494 e. The van der Waals surface area contributed by atoms with Crippen LogP contribution in [-0.4, -0.2) is 38.1 Å². The van der Waals surface area contributed by atoms with Gasteiger partial charge in [-0.05, 0) is 88.7 Å². The topological polar surface area (TPSA) is 76.7 Å². The van der Waals surface area contributed by atoms with Gasteiger partial charge in [-0.25, -0.2) is 0 Å². The minimum absolute atomic E-state index is 0.00315. The number of benzene rings is 3. The molecule has 0 aliphatic carbocycles. The van der Waals surface area contributed by atoms with Crippen molar-refractivity contribution >= 4 is 44.0 Å². The third-order valence-electron chi connectivity index (χ3n) is 6.18. The fourth-order valence-corrected chi connectivity index (χ4v) is 5.28. The van der Waals surface area contributed by atoms with Gasteiger partial charge in [0.15, 0.2) is 0 Å². The first-order chi connectivity index (χ1) is 18.0. The molecule has 4 aromatic rings. The molecule has 6 nitrogen and oxygen atoms in total. The van der Waals surface area contributed by atoms with Crippen LogP contribution in [0.1, 0.15) is 37.8 Å². The molecule has 0 saturated heterocycles. The highest BCUT2D eigenvalue weighted by molar-refractivity contribution is 7.17. The Morgan fingerprint density at radius 1 is 0.757 bits per heavy atom. The molecule has 0 radical (unpaired) electrons. The summed E-state index contributed by atoms with van der Waals surface area (Å²) < 4.78 is 13.3. The average Bonchev–Trinajstić information content (AvgIpc) is 3.28. The van der Waals surface area contributed by atoms with Crippen molar-refractivity contribution < 1.29 is 19.1 Å². The Bertz CT molecular complexity index is 1360. The summed E-state index contributed by atoms with van der Waals surface area (Å²) in [5, 5.41) is 11.4. The molecule has 0 spiro atoms. The van der Waals surface area contributed by atoms with Gasteiger partial charge in [0.05, 0.1) is 13.2 Å². The van der Waals surface area contributed by atoms with Crippen molar-refractivity contribution in [2.75, 3.05) is 26.3 Å². The van der Waals surface area contributed by atoms with E-state index in [1.807, 2.05) is 12.1 Å². The molecule has 1 aromatic heterocycles. The number of carbonyl (C=O) groups is 2. The highest BCUT2D eigenvalue weighted by Crippen LogP contribution is 2.30. The van der Waals surface area contributed by atoms with Crippen molar-refractivity contribution in [2.24, 2.45) is 0 Å². The molecular formula is C30H34N2O4S. The molecule has 37 heavy (non-hydrogen) atoms. The van der Waals surface area contributed by atoms with E-state index in [9.17, 15) is 9.59 Å². The lowest BCUT2D eigenvalue weighted by Crippen LogP contribution is -2.22. The average molecular weight is 519 g/mol. The molecular weight excluding hydrogens is 484 g/mol. The molecule has 2 N–H and O–H groups in total. The second-order valence-electron chi connectivity index (χ2n) is 9.09. The quantitative estimate of drug-likeness (QED) is 0.224. The summed E-state index contributed by atoms with van der Waals surface area (Å²) >= 11 is 1.72. The van der Waals surface area contributed by atoms with E-state index in [0.717, 1.165) is 42.6 Å². The normalized spacial score (nSPS) is 11.0. The molecule has 0 aliphatic rings. The molecule has 4 rings (SSSR count). The first-order valence-electron chi connectivity index (χ1n) is 12.8. The number of fused-ring (bicyclic) bond motifs is 2. The second kappa shape index (κ2) is 13.1. The van der Waals surface area contributed by atoms with Crippen molar-refractivity contribution in [1.82, 2.24) is 10.6 Å². The van der Waals surface area contributed by atoms with E-state index in [-0.39, 0.29) is 11.8 Å². The van der Waals surface area contributed by atoms with Gasteiger partial charge in [-0.2, -0.15) is 0 Å². The van der Waals surface area contributed by atoms with Crippen molar-refractivity contribution in [3.05, 3.63) is 71.1 Å². The van der Waals surface area contributed by atoms with Crippen LogP contribution in [0.15, 0.2) is 60.0 Å². The van der Waals surface area contributed by atoms with Crippen molar-refractivity contribution in [2.45, 2.75) is 39.5 Å². The summed E-state index contributed by atoms with van der Waals surface area (Å²) in [5.41, 5.74) is 2.44. The highest BCUT2D eigenvalue weighted by atomic mass is 32.1. The molecule has 0 aliphatic heterocycles. The van der Waals surface area contributed by atoms with Crippen LogP contribution in [0.2, 0.25) is 0 Å². The van der Waals surface area contributed by atoms with Gasteiger partial charge in [0, 0.05) is 31.6 Å². The fraction of sp³-hybridized carbons (Fsp3) is 0.333. The summed E-state index contributed by atoms with van der Waals surface area (Å²) in [6.07, 6.45) is 3.38. The van der Waals surface area contributed by atoms with Crippen molar-refractivity contribution in [3.8, 4) is 11.5 Å². The number of thiophene rings is 1. The summed E-state index contributed by atoms with van der Waals surface area (Å²) in [7, 11) is 0. The number of unbranched alkanes of at least 4 members (excludes halogenated alkanes) is 1. The van der Waals surface area contributed by atoms with Gasteiger partial charge in [-0.15, -0.1) is 11.3 Å². The van der Waals surface area contributed by atoms with Crippen LogP contribution in [-0.2, 0) is 22.4 Å². The molecule has 0 fully saturated rings. The Morgan fingerprint density at radius 3 is 2.05 bits per heavy atom. The van der Waals surface area contributed by atoms with Crippen molar-refractivity contribution in [1.29, 1.82) is 0 Å². The van der Waals surface area contributed by atoms with Gasteiger partial charge >= 0.3 is 0 Å². The van der Waals surface area contributed by atoms with Crippen molar-refractivity contribution in [3.63, 3.8) is 0 Å². The van der Waals surface area contributed by atoms with E-state index >= 15 is 0 Å². The lowest BCUT2D eigenvalue weighted by molar-refractivity contribution is -0.119. The minimum atomic E-state index is -0.0105. The Balaban J connectivity index is 1.23. The number of amides is 2. The number of hydrogen-bond donors (Lipinski definition) is 2. The van der Waals surface area contributed by atoms with E-state index in [2.05, 4.69) is 58.5 Å². The molecule has 3 aromatic carbocycles. The number of carbonyl (C=O) groups excluding carboxylic acids is 2. The van der Waals surface area contributed by atoms with Crippen LogP contribution in [0.25, 0.3) is 20.9 Å². The third-order valence-corrected chi connectivity index (χ3v) is 7.19. The molecule has 0 unspecified atom stereocenters. The molecule has 2 amide bonds.